The van der Waals surface area contributed by atoms with Crippen LogP contribution in [0.2, 0.25) is 0 Å². The summed E-state index contributed by atoms with van der Waals surface area (Å²) in [6.07, 6.45) is 6.05. The molecule has 0 spiro atoms. The Morgan fingerprint density at radius 3 is 2.68 bits per heavy atom. The van der Waals surface area contributed by atoms with E-state index in [1.54, 1.807) is 11.9 Å². The highest BCUT2D eigenvalue weighted by atomic mass is 16.2. The summed E-state index contributed by atoms with van der Waals surface area (Å²) in [5.74, 6) is -0.208. The summed E-state index contributed by atoms with van der Waals surface area (Å²) in [4.78, 5) is 16.3. The first-order valence-corrected chi connectivity index (χ1v) is 8.00. The highest BCUT2D eigenvalue weighted by Crippen LogP contribution is 2.15. The van der Waals surface area contributed by atoms with E-state index in [0.29, 0.717) is 6.54 Å². The molecule has 1 amide bonds. The second-order valence-electron chi connectivity index (χ2n) is 5.86. The van der Waals surface area contributed by atoms with Gasteiger partial charge in [0.15, 0.2) is 0 Å². The van der Waals surface area contributed by atoms with Crippen LogP contribution in [0.15, 0.2) is 11.8 Å². The van der Waals surface area contributed by atoms with Crippen LogP contribution in [0, 0.1) is 11.3 Å². The van der Waals surface area contributed by atoms with Gasteiger partial charge < -0.3 is 20.2 Å². The lowest BCUT2D eigenvalue weighted by atomic mass is 10.0. The van der Waals surface area contributed by atoms with Crippen molar-refractivity contribution in [1.29, 1.82) is 5.26 Å². The van der Waals surface area contributed by atoms with Crippen LogP contribution in [0.5, 0.6) is 0 Å². The zero-order valence-corrected chi connectivity index (χ0v) is 13.7. The molecule has 0 unspecified atom stereocenters. The van der Waals surface area contributed by atoms with Gasteiger partial charge in [0.05, 0.1) is 0 Å². The molecular weight excluding hydrogens is 280 g/mol. The van der Waals surface area contributed by atoms with Crippen LogP contribution < -0.4 is 5.32 Å². The van der Waals surface area contributed by atoms with Gasteiger partial charge in [-0.3, -0.25) is 4.79 Å². The lowest BCUT2D eigenvalue weighted by Gasteiger charge is -2.34. The molecule has 124 valence electrons. The fourth-order valence-corrected chi connectivity index (χ4v) is 2.57. The van der Waals surface area contributed by atoms with E-state index in [1.807, 2.05) is 6.07 Å². The van der Waals surface area contributed by atoms with Crippen LogP contribution in [0.1, 0.15) is 32.1 Å². The van der Waals surface area contributed by atoms with Gasteiger partial charge in [-0.25, -0.2) is 0 Å². The fourth-order valence-electron chi connectivity index (χ4n) is 2.57. The van der Waals surface area contributed by atoms with Crippen molar-refractivity contribution in [2.75, 3.05) is 40.3 Å². The molecular formula is C16H28N4O2. The second-order valence-corrected chi connectivity index (χ2v) is 5.86. The van der Waals surface area contributed by atoms with Crippen LogP contribution in [0.25, 0.3) is 0 Å². The van der Waals surface area contributed by atoms with Gasteiger partial charge in [-0.2, -0.15) is 5.26 Å². The zero-order valence-electron chi connectivity index (χ0n) is 13.7. The normalized spacial score (nSPS) is 17.1. The Morgan fingerprint density at radius 1 is 1.41 bits per heavy atom. The van der Waals surface area contributed by atoms with Gasteiger partial charge in [-0.1, -0.05) is 0 Å². The number of rotatable bonds is 8. The number of hydrogen-bond acceptors (Lipinski definition) is 5. The molecule has 6 nitrogen and oxygen atoms in total. The predicted octanol–water partition coefficient (Wildman–Crippen LogP) is 0.699. The molecule has 1 heterocycles. The fraction of sp³-hybridized carbons (Fsp3) is 0.750. The van der Waals surface area contributed by atoms with Gasteiger partial charge in [-0.05, 0) is 52.2 Å². The smallest absolute Gasteiger partial charge is 0.265 e. The lowest BCUT2D eigenvalue weighted by Crippen LogP contribution is -2.45. The Labute approximate surface area is 133 Å². The third kappa shape index (κ3) is 6.04. The van der Waals surface area contributed by atoms with E-state index in [4.69, 9.17) is 5.11 Å². The van der Waals surface area contributed by atoms with Crippen molar-refractivity contribution in [2.45, 2.75) is 38.1 Å². The predicted molar refractivity (Wildman–Crippen MR) is 85.9 cm³/mol. The molecule has 0 radical (unpaired) electrons. The molecule has 0 aromatic heterocycles. The molecule has 0 aromatic rings. The molecule has 0 bridgehead atoms. The minimum Gasteiger partial charge on any atom is -0.396 e. The number of hydrogen-bond donors (Lipinski definition) is 2. The first-order chi connectivity index (χ1) is 10.6. The van der Waals surface area contributed by atoms with Crippen molar-refractivity contribution in [2.24, 2.45) is 0 Å². The first kappa shape index (κ1) is 18.5. The largest absolute Gasteiger partial charge is 0.396 e. The molecule has 0 aromatic carbocycles. The number of carbonyl (C=O) groups is 1. The van der Waals surface area contributed by atoms with Gasteiger partial charge >= 0.3 is 0 Å². The Balaban J connectivity index is 2.44. The van der Waals surface area contributed by atoms with Crippen molar-refractivity contribution in [3.8, 4) is 6.07 Å². The van der Waals surface area contributed by atoms with Gasteiger partial charge in [0, 0.05) is 32.4 Å². The molecule has 1 saturated heterocycles. The Hall–Kier alpha value is -1.58. The molecule has 2 N–H and O–H groups in total. The maximum Gasteiger partial charge on any atom is 0.265 e. The summed E-state index contributed by atoms with van der Waals surface area (Å²) < 4.78 is 0. The van der Waals surface area contributed by atoms with E-state index in [1.165, 1.54) is 6.20 Å². The highest BCUT2D eigenvalue weighted by molar-refractivity contribution is 5.97. The highest BCUT2D eigenvalue weighted by Gasteiger charge is 2.25. The molecule has 1 aliphatic heterocycles. The third-order valence-electron chi connectivity index (χ3n) is 4.13. The summed E-state index contributed by atoms with van der Waals surface area (Å²) in [5.41, 5.74) is 0.156. The van der Waals surface area contributed by atoms with Crippen molar-refractivity contribution in [1.82, 2.24) is 15.1 Å². The molecule has 22 heavy (non-hydrogen) atoms. The van der Waals surface area contributed by atoms with Crippen molar-refractivity contribution in [3.63, 3.8) is 0 Å². The van der Waals surface area contributed by atoms with Gasteiger partial charge in [0.1, 0.15) is 11.6 Å². The topological polar surface area (TPSA) is 79.6 Å². The minimum absolute atomic E-state index is 0.156. The molecule has 0 saturated carbocycles. The zero-order chi connectivity index (χ0) is 16.4. The van der Waals surface area contributed by atoms with E-state index in [9.17, 15) is 10.1 Å². The van der Waals surface area contributed by atoms with Crippen LogP contribution in [-0.2, 0) is 4.79 Å². The summed E-state index contributed by atoms with van der Waals surface area (Å²) >= 11 is 0. The minimum atomic E-state index is -0.208. The van der Waals surface area contributed by atoms with Crippen LogP contribution in [0.3, 0.4) is 0 Å². The van der Waals surface area contributed by atoms with E-state index >= 15 is 0 Å². The van der Waals surface area contributed by atoms with Gasteiger partial charge in [0.2, 0.25) is 0 Å². The number of likely N-dealkylation sites (N-methyl/N-ethyl adjacent to an activating group) is 1. The lowest BCUT2D eigenvalue weighted by molar-refractivity contribution is -0.128. The summed E-state index contributed by atoms with van der Waals surface area (Å²) in [6, 6.07) is 2.20. The van der Waals surface area contributed by atoms with E-state index in [0.717, 1.165) is 45.2 Å². The van der Waals surface area contributed by atoms with Crippen LogP contribution >= 0.6 is 0 Å². The van der Waals surface area contributed by atoms with E-state index in [-0.39, 0.29) is 24.1 Å². The average Bonchev–Trinajstić information content (AvgIpc) is 2.54. The first-order valence-electron chi connectivity index (χ1n) is 8.00. The number of carbonyl (C=O) groups excluding carboxylic acids is 1. The number of nitrogens with zero attached hydrogens (tertiary/aromatic N) is 3. The number of unbranched alkanes of at least 4 members (excludes halogenated alkanes) is 2. The Kier molecular flexibility index (Phi) is 8.56. The SMILES string of the molecule is CN1CCC(N(C)C(=O)/C(C#N)=C\NCCCCCO)CC1. The van der Waals surface area contributed by atoms with Gasteiger partial charge in [0.25, 0.3) is 5.91 Å². The Bertz CT molecular complexity index is 409. The van der Waals surface area contributed by atoms with E-state index < -0.39 is 0 Å². The van der Waals surface area contributed by atoms with Crippen LogP contribution in [0.4, 0.5) is 0 Å². The van der Waals surface area contributed by atoms with Crippen molar-refractivity contribution < 1.29 is 9.90 Å². The quantitative estimate of drug-likeness (QED) is 0.392. The molecule has 6 heteroatoms. The average molecular weight is 308 g/mol. The Morgan fingerprint density at radius 2 is 2.09 bits per heavy atom. The molecule has 1 fully saturated rings. The number of aliphatic hydroxyl groups excluding tert-OH is 1. The van der Waals surface area contributed by atoms with Crippen LogP contribution in [-0.4, -0.2) is 67.2 Å². The number of nitriles is 1. The summed E-state index contributed by atoms with van der Waals surface area (Å²) in [6.45, 7) is 2.88. The number of piperidine rings is 1. The summed E-state index contributed by atoms with van der Waals surface area (Å²) in [7, 11) is 3.87. The molecule has 1 aliphatic rings. The monoisotopic (exact) mass is 308 g/mol. The number of amides is 1. The van der Waals surface area contributed by atoms with Crippen molar-refractivity contribution >= 4 is 5.91 Å². The molecule has 0 aliphatic carbocycles. The number of aliphatic hydroxyl groups is 1. The van der Waals surface area contributed by atoms with E-state index in [2.05, 4.69) is 17.3 Å². The third-order valence-corrected chi connectivity index (χ3v) is 4.13. The molecule has 0 atom stereocenters. The number of likely N-dealkylation sites (tertiary alicyclic amines) is 1. The van der Waals surface area contributed by atoms with Gasteiger partial charge in [-0.15, -0.1) is 0 Å². The van der Waals surface area contributed by atoms with Crippen molar-refractivity contribution in [3.05, 3.63) is 11.8 Å². The summed E-state index contributed by atoms with van der Waals surface area (Å²) in [5, 5.41) is 20.9. The standard InChI is InChI=1S/C16H28N4O2/c1-19-9-6-15(7-10-19)20(2)16(22)14(12-17)13-18-8-4-3-5-11-21/h13,15,18,21H,3-11H2,1-2H3/b14-13-. The second kappa shape index (κ2) is 10.2. The number of nitrogens with one attached hydrogen (secondary N) is 1. The maximum atomic E-state index is 12.4. The maximum absolute atomic E-state index is 12.4. The molecule has 1 rings (SSSR count).